The van der Waals surface area contributed by atoms with Crippen molar-refractivity contribution in [3.8, 4) is 22.1 Å². The lowest BCUT2D eigenvalue weighted by Gasteiger charge is -2.17. The fourth-order valence-corrected chi connectivity index (χ4v) is 4.43. The molecule has 1 aromatic heterocycles. The fraction of sp³-hybridized carbons (Fsp3) is 0.333. The number of carboxylic acids is 1. The first-order chi connectivity index (χ1) is 15.5. The summed E-state index contributed by atoms with van der Waals surface area (Å²) >= 11 is 1.39. The highest BCUT2D eigenvalue weighted by molar-refractivity contribution is 7.15. The third kappa shape index (κ3) is 6.04. The van der Waals surface area contributed by atoms with Crippen molar-refractivity contribution >= 4 is 17.3 Å². The van der Waals surface area contributed by atoms with E-state index in [4.69, 9.17) is 14.6 Å². The number of aliphatic carboxylic acids is 1. The van der Waals surface area contributed by atoms with Gasteiger partial charge in [-0.15, -0.1) is 11.3 Å². The summed E-state index contributed by atoms with van der Waals surface area (Å²) in [5.41, 5.74) is 1.49. The van der Waals surface area contributed by atoms with E-state index in [0.29, 0.717) is 22.1 Å². The van der Waals surface area contributed by atoms with Crippen LogP contribution in [0.25, 0.3) is 10.6 Å². The smallest absolute Gasteiger partial charge is 0.416 e. The van der Waals surface area contributed by atoms with Gasteiger partial charge >= 0.3 is 12.1 Å². The van der Waals surface area contributed by atoms with Crippen LogP contribution in [0.1, 0.15) is 54.5 Å². The number of benzene rings is 2. The number of aryl methyl sites for hydroxylation is 1. The number of carbonyl (C=O) groups is 1. The molecule has 1 N–H and O–H groups in total. The van der Waals surface area contributed by atoms with E-state index in [1.807, 2.05) is 20.8 Å². The zero-order chi connectivity index (χ0) is 24.3. The second-order valence-corrected chi connectivity index (χ2v) is 8.90. The predicted octanol–water partition coefficient (Wildman–Crippen LogP) is 6.86. The van der Waals surface area contributed by atoms with Crippen LogP contribution in [-0.4, -0.2) is 22.7 Å². The number of rotatable bonds is 8. The first-order valence-corrected chi connectivity index (χ1v) is 11.1. The van der Waals surface area contributed by atoms with Crippen LogP contribution in [-0.2, 0) is 11.0 Å². The zero-order valence-corrected chi connectivity index (χ0v) is 19.4. The van der Waals surface area contributed by atoms with Gasteiger partial charge < -0.3 is 14.6 Å². The standard InChI is InChI=1S/C24H24F3NO4S/c1-13(2)21-22(33-23(28-21)16-5-7-17(8-6-16)24(25,26)27)15(4)32-18-9-10-19(14(3)11-18)31-12-20(29)30/h5-11,13,15H,12H2,1-4H3,(H,29,30)/t15-/m0/s1. The second-order valence-electron chi connectivity index (χ2n) is 7.87. The van der Waals surface area contributed by atoms with E-state index in [0.717, 1.165) is 28.3 Å². The summed E-state index contributed by atoms with van der Waals surface area (Å²) in [6.45, 7) is 7.26. The molecule has 0 saturated heterocycles. The van der Waals surface area contributed by atoms with E-state index in [-0.39, 0.29) is 12.0 Å². The summed E-state index contributed by atoms with van der Waals surface area (Å²) in [4.78, 5) is 16.3. The maximum atomic E-state index is 12.9. The van der Waals surface area contributed by atoms with Crippen LogP contribution in [0.4, 0.5) is 13.2 Å². The molecule has 0 aliphatic heterocycles. The van der Waals surface area contributed by atoms with Gasteiger partial charge in [0.1, 0.15) is 22.6 Å². The summed E-state index contributed by atoms with van der Waals surface area (Å²) in [6.07, 6.45) is -4.74. The van der Waals surface area contributed by atoms with Gasteiger partial charge in [0.25, 0.3) is 0 Å². The molecule has 0 amide bonds. The Morgan fingerprint density at radius 3 is 2.33 bits per heavy atom. The first-order valence-electron chi connectivity index (χ1n) is 10.3. The van der Waals surface area contributed by atoms with E-state index in [1.165, 1.54) is 23.5 Å². The monoisotopic (exact) mass is 479 g/mol. The number of hydrogen-bond acceptors (Lipinski definition) is 5. The van der Waals surface area contributed by atoms with Crippen LogP contribution in [0, 0.1) is 6.92 Å². The number of carboxylic acid groups (broad SMARTS) is 1. The molecule has 1 heterocycles. The average molecular weight is 480 g/mol. The Balaban J connectivity index is 1.83. The minimum absolute atomic E-state index is 0.0963. The number of hydrogen-bond donors (Lipinski definition) is 1. The van der Waals surface area contributed by atoms with Crippen molar-refractivity contribution in [1.82, 2.24) is 4.98 Å². The van der Waals surface area contributed by atoms with Crippen molar-refractivity contribution in [2.75, 3.05) is 6.61 Å². The molecule has 5 nitrogen and oxygen atoms in total. The maximum absolute atomic E-state index is 12.9. The molecule has 1 atom stereocenters. The third-order valence-corrected chi connectivity index (χ3v) is 6.15. The lowest BCUT2D eigenvalue weighted by atomic mass is 10.1. The minimum atomic E-state index is -4.38. The van der Waals surface area contributed by atoms with Crippen molar-refractivity contribution in [3.63, 3.8) is 0 Å². The molecule has 0 aliphatic rings. The predicted molar refractivity (Wildman–Crippen MR) is 120 cm³/mol. The molecule has 0 radical (unpaired) electrons. The zero-order valence-electron chi connectivity index (χ0n) is 18.6. The van der Waals surface area contributed by atoms with Gasteiger partial charge in [0.15, 0.2) is 6.61 Å². The molecule has 0 fully saturated rings. The van der Waals surface area contributed by atoms with E-state index >= 15 is 0 Å². The number of nitrogens with zero attached hydrogens (tertiary/aromatic N) is 1. The molecule has 0 saturated carbocycles. The summed E-state index contributed by atoms with van der Waals surface area (Å²) < 4.78 is 50.0. The van der Waals surface area contributed by atoms with Crippen LogP contribution < -0.4 is 9.47 Å². The number of alkyl halides is 3. The van der Waals surface area contributed by atoms with E-state index in [1.54, 1.807) is 25.1 Å². The Hall–Kier alpha value is -3.07. The van der Waals surface area contributed by atoms with Crippen molar-refractivity contribution < 1.29 is 32.5 Å². The van der Waals surface area contributed by atoms with Crippen LogP contribution in [0.15, 0.2) is 42.5 Å². The molecule has 176 valence electrons. The Morgan fingerprint density at radius 1 is 1.12 bits per heavy atom. The Labute approximate surface area is 193 Å². The summed E-state index contributed by atoms with van der Waals surface area (Å²) in [7, 11) is 0. The van der Waals surface area contributed by atoms with Crippen molar-refractivity contribution in [3.05, 3.63) is 64.2 Å². The fourth-order valence-electron chi connectivity index (χ4n) is 3.23. The minimum Gasteiger partial charge on any atom is -0.485 e. The highest BCUT2D eigenvalue weighted by Gasteiger charge is 2.30. The van der Waals surface area contributed by atoms with Crippen molar-refractivity contribution in [2.24, 2.45) is 0 Å². The van der Waals surface area contributed by atoms with Gasteiger partial charge in [-0.05, 0) is 55.7 Å². The lowest BCUT2D eigenvalue weighted by Crippen LogP contribution is -2.10. The molecular formula is C24H24F3NO4S. The molecular weight excluding hydrogens is 455 g/mol. The SMILES string of the molecule is Cc1cc(O[C@@H](C)c2sc(-c3ccc(C(F)(F)F)cc3)nc2C(C)C)ccc1OCC(=O)O. The third-order valence-electron chi connectivity index (χ3n) is 4.87. The molecule has 0 unspecified atom stereocenters. The van der Waals surface area contributed by atoms with Crippen LogP contribution in [0.3, 0.4) is 0 Å². The molecule has 2 aromatic carbocycles. The molecule has 0 aliphatic carbocycles. The summed E-state index contributed by atoms with van der Waals surface area (Å²) in [6, 6.07) is 10.1. The van der Waals surface area contributed by atoms with E-state index < -0.39 is 24.3 Å². The maximum Gasteiger partial charge on any atom is 0.416 e. The largest absolute Gasteiger partial charge is 0.485 e. The summed E-state index contributed by atoms with van der Waals surface area (Å²) in [5.74, 6) is 0.0853. The Morgan fingerprint density at radius 2 is 1.79 bits per heavy atom. The highest BCUT2D eigenvalue weighted by atomic mass is 32.1. The number of halogens is 3. The summed E-state index contributed by atoms with van der Waals surface area (Å²) in [5, 5.41) is 9.40. The van der Waals surface area contributed by atoms with Gasteiger partial charge in [-0.2, -0.15) is 13.2 Å². The van der Waals surface area contributed by atoms with Crippen LogP contribution in [0.2, 0.25) is 0 Å². The molecule has 3 rings (SSSR count). The van der Waals surface area contributed by atoms with Gasteiger partial charge in [0.05, 0.1) is 16.1 Å². The number of aromatic nitrogens is 1. The molecule has 0 bridgehead atoms. The molecule has 33 heavy (non-hydrogen) atoms. The van der Waals surface area contributed by atoms with Gasteiger partial charge in [0, 0.05) is 5.56 Å². The lowest BCUT2D eigenvalue weighted by molar-refractivity contribution is -0.139. The normalized spacial score (nSPS) is 12.6. The van der Waals surface area contributed by atoms with Gasteiger partial charge in [0.2, 0.25) is 0 Å². The van der Waals surface area contributed by atoms with Crippen LogP contribution >= 0.6 is 11.3 Å². The van der Waals surface area contributed by atoms with Crippen molar-refractivity contribution in [1.29, 1.82) is 0 Å². The number of thiazole rings is 1. The first kappa shape index (κ1) is 24.6. The van der Waals surface area contributed by atoms with Gasteiger partial charge in [-0.1, -0.05) is 26.0 Å². The molecule has 9 heteroatoms. The quantitative estimate of drug-likeness (QED) is 0.382. The van der Waals surface area contributed by atoms with Crippen LogP contribution in [0.5, 0.6) is 11.5 Å². The highest BCUT2D eigenvalue weighted by Crippen LogP contribution is 2.38. The molecule has 0 spiro atoms. The Bertz CT molecular complexity index is 1120. The van der Waals surface area contributed by atoms with Gasteiger partial charge in [-0.3, -0.25) is 0 Å². The second kappa shape index (κ2) is 9.82. The Kier molecular flexibility index (Phi) is 7.31. The van der Waals surface area contributed by atoms with Crippen molar-refractivity contribution in [2.45, 2.75) is 45.9 Å². The molecule has 3 aromatic rings. The van der Waals surface area contributed by atoms with E-state index in [9.17, 15) is 18.0 Å². The van der Waals surface area contributed by atoms with Gasteiger partial charge in [-0.25, -0.2) is 9.78 Å². The average Bonchev–Trinajstić information content (AvgIpc) is 3.18. The van der Waals surface area contributed by atoms with E-state index in [2.05, 4.69) is 4.98 Å². The number of ether oxygens (including phenoxy) is 2. The topological polar surface area (TPSA) is 68.7 Å².